The van der Waals surface area contributed by atoms with E-state index in [9.17, 15) is 9.59 Å². The van der Waals surface area contributed by atoms with E-state index in [0.717, 1.165) is 11.1 Å². The van der Waals surface area contributed by atoms with E-state index in [2.05, 4.69) is 0 Å². The van der Waals surface area contributed by atoms with Gasteiger partial charge in [0.25, 0.3) is 0 Å². The summed E-state index contributed by atoms with van der Waals surface area (Å²) >= 11 is 12.3. The van der Waals surface area contributed by atoms with Crippen LogP contribution in [0.4, 0.5) is 0 Å². The summed E-state index contributed by atoms with van der Waals surface area (Å²) in [4.78, 5) is 29.0. The molecule has 0 radical (unpaired) electrons. The molecule has 0 saturated carbocycles. The molecule has 3 rings (SSSR count). The Morgan fingerprint density at radius 2 is 1.13 bits per heavy atom. The molecule has 156 valence electrons. The number of benzene rings is 2. The Balaban J connectivity index is 1.64. The van der Waals surface area contributed by atoms with Crippen LogP contribution in [0.2, 0.25) is 10.0 Å². The Kier molecular flexibility index (Phi) is 7.35. The van der Waals surface area contributed by atoms with Gasteiger partial charge in [0.15, 0.2) is 0 Å². The highest BCUT2D eigenvalue weighted by molar-refractivity contribution is 6.32. The SMILES string of the molecule is C[C@@H]1CN(C(=O)/C=C/c2ccccc2Cl)[C@H](C)CN1C(=O)/C=C/c1ccccc1Cl. The molecule has 1 aliphatic rings. The molecule has 1 saturated heterocycles. The lowest BCUT2D eigenvalue weighted by atomic mass is 10.1. The van der Waals surface area contributed by atoms with Crippen LogP contribution >= 0.6 is 23.2 Å². The van der Waals surface area contributed by atoms with Crippen molar-refractivity contribution in [2.24, 2.45) is 0 Å². The topological polar surface area (TPSA) is 40.6 Å². The van der Waals surface area contributed by atoms with E-state index in [1.807, 2.05) is 50.2 Å². The number of carbonyl (C=O) groups is 2. The Bertz CT molecular complexity index is 907. The van der Waals surface area contributed by atoms with Crippen LogP contribution in [0.15, 0.2) is 60.7 Å². The lowest BCUT2D eigenvalue weighted by Gasteiger charge is -2.43. The maximum atomic E-state index is 12.7. The minimum Gasteiger partial charge on any atom is -0.333 e. The standard InChI is InChI=1S/C24H24Cl2N2O2/c1-17-15-28(24(30)14-12-20-8-4-6-10-22(20)26)18(2)16-27(17)23(29)13-11-19-7-3-5-9-21(19)25/h3-14,17-18H,15-16H2,1-2H3/b13-11+,14-12+/t17-,18-/m1/s1. The first kappa shape index (κ1) is 22.1. The van der Waals surface area contributed by atoms with Crippen LogP contribution in [0.1, 0.15) is 25.0 Å². The monoisotopic (exact) mass is 442 g/mol. The zero-order valence-electron chi connectivity index (χ0n) is 17.0. The number of hydrogen-bond acceptors (Lipinski definition) is 2. The fourth-order valence-corrected chi connectivity index (χ4v) is 3.87. The summed E-state index contributed by atoms with van der Waals surface area (Å²) in [5.74, 6) is -0.180. The molecule has 2 aromatic carbocycles. The number of nitrogens with zero attached hydrogens (tertiary/aromatic N) is 2. The van der Waals surface area contributed by atoms with Crippen molar-refractivity contribution in [3.05, 3.63) is 81.9 Å². The molecule has 0 unspecified atom stereocenters. The van der Waals surface area contributed by atoms with Gasteiger partial charge in [0.05, 0.1) is 0 Å². The van der Waals surface area contributed by atoms with E-state index < -0.39 is 0 Å². The van der Waals surface area contributed by atoms with Crippen molar-refractivity contribution in [1.82, 2.24) is 9.80 Å². The van der Waals surface area contributed by atoms with E-state index in [4.69, 9.17) is 23.2 Å². The third-order valence-corrected chi connectivity index (χ3v) is 5.86. The van der Waals surface area contributed by atoms with Gasteiger partial charge in [-0.05, 0) is 49.3 Å². The second-order valence-corrected chi connectivity index (χ2v) is 8.20. The highest BCUT2D eigenvalue weighted by Gasteiger charge is 2.32. The van der Waals surface area contributed by atoms with Gasteiger partial charge in [-0.2, -0.15) is 0 Å². The molecule has 0 bridgehead atoms. The fraction of sp³-hybridized carbons (Fsp3) is 0.250. The molecule has 1 heterocycles. The average molecular weight is 443 g/mol. The molecule has 1 fully saturated rings. The van der Waals surface area contributed by atoms with Gasteiger partial charge >= 0.3 is 0 Å². The lowest BCUT2D eigenvalue weighted by molar-refractivity contribution is -0.139. The largest absolute Gasteiger partial charge is 0.333 e. The second-order valence-electron chi connectivity index (χ2n) is 7.39. The van der Waals surface area contributed by atoms with Gasteiger partial charge < -0.3 is 9.80 Å². The smallest absolute Gasteiger partial charge is 0.246 e. The fourth-order valence-electron chi connectivity index (χ4n) is 3.47. The Morgan fingerprint density at radius 1 is 0.767 bits per heavy atom. The number of halogens is 2. The van der Waals surface area contributed by atoms with Crippen molar-refractivity contribution < 1.29 is 9.59 Å². The normalized spacial score (nSPS) is 19.6. The minimum absolute atomic E-state index is 0.0898. The Labute approximate surface area is 187 Å². The first-order valence-corrected chi connectivity index (χ1v) is 10.6. The number of carbonyl (C=O) groups excluding carboxylic acids is 2. The molecule has 4 nitrogen and oxygen atoms in total. The summed E-state index contributed by atoms with van der Waals surface area (Å²) in [6.07, 6.45) is 6.54. The molecular weight excluding hydrogens is 419 g/mol. The Hall–Kier alpha value is -2.56. The molecule has 0 spiro atoms. The predicted octanol–water partition coefficient (Wildman–Crippen LogP) is 5.17. The average Bonchev–Trinajstić information content (AvgIpc) is 2.73. The first-order chi connectivity index (χ1) is 14.4. The van der Waals surface area contributed by atoms with Crippen LogP contribution in [0, 0.1) is 0 Å². The van der Waals surface area contributed by atoms with E-state index in [1.54, 1.807) is 46.2 Å². The van der Waals surface area contributed by atoms with E-state index in [1.165, 1.54) is 0 Å². The van der Waals surface area contributed by atoms with Gasteiger partial charge in [-0.15, -0.1) is 0 Å². The molecule has 2 atom stereocenters. The summed E-state index contributed by atoms with van der Waals surface area (Å²) in [5.41, 5.74) is 1.60. The molecule has 6 heteroatoms. The molecule has 2 aromatic rings. The van der Waals surface area contributed by atoms with Crippen molar-refractivity contribution in [2.75, 3.05) is 13.1 Å². The summed E-state index contributed by atoms with van der Waals surface area (Å²) in [7, 11) is 0. The quantitative estimate of drug-likeness (QED) is 0.612. The van der Waals surface area contributed by atoms with E-state index >= 15 is 0 Å². The summed E-state index contributed by atoms with van der Waals surface area (Å²) in [5, 5.41) is 1.20. The predicted molar refractivity (Wildman–Crippen MR) is 123 cm³/mol. The number of hydrogen-bond donors (Lipinski definition) is 0. The third-order valence-electron chi connectivity index (χ3n) is 5.17. The molecule has 2 amide bonds. The van der Waals surface area contributed by atoms with Crippen LogP contribution in [0.3, 0.4) is 0 Å². The van der Waals surface area contributed by atoms with Crippen LogP contribution < -0.4 is 0 Å². The lowest BCUT2D eigenvalue weighted by Crippen LogP contribution is -2.59. The van der Waals surface area contributed by atoms with Crippen molar-refractivity contribution in [3.8, 4) is 0 Å². The maximum absolute atomic E-state index is 12.7. The van der Waals surface area contributed by atoms with Crippen LogP contribution in [-0.2, 0) is 9.59 Å². The van der Waals surface area contributed by atoms with E-state index in [-0.39, 0.29) is 23.9 Å². The van der Waals surface area contributed by atoms with Crippen molar-refractivity contribution >= 4 is 47.2 Å². The van der Waals surface area contributed by atoms with Crippen molar-refractivity contribution in [3.63, 3.8) is 0 Å². The molecule has 0 aliphatic carbocycles. The summed E-state index contributed by atoms with van der Waals surface area (Å²) < 4.78 is 0. The first-order valence-electron chi connectivity index (χ1n) is 9.83. The maximum Gasteiger partial charge on any atom is 0.246 e. The highest BCUT2D eigenvalue weighted by atomic mass is 35.5. The van der Waals surface area contributed by atoms with Crippen molar-refractivity contribution in [1.29, 1.82) is 0 Å². The number of rotatable bonds is 4. The van der Waals surface area contributed by atoms with Gasteiger partial charge in [0.1, 0.15) is 0 Å². The molecule has 0 aromatic heterocycles. The van der Waals surface area contributed by atoms with Gasteiger partial charge in [0, 0.05) is 47.4 Å². The highest BCUT2D eigenvalue weighted by Crippen LogP contribution is 2.20. The Morgan fingerprint density at radius 3 is 1.50 bits per heavy atom. The van der Waals surface area contributed by atoms with Crippen LogP contribution in [0.5, 0.6) is 0 Å². The van der Waals surface area contributed by atoms with Gasteiger partial charge in [-0.25, -0.2) is 0 Å². The van der Waals surface area contributed by atoms with Crippen LogP contribution in [-0.4, -0.2) is 46.8 Å². The summed E-state index contributed by atoms with van der Waals surface area (Å²) in [6.45, 7) is 4.84. The molecule has 30 heavy (non-hydrogen) atoms. The summed E-state index contributed by atoms with van der Waals surface area (Å²) in [6, 6.07) is 14.6. The third kappa shape index (κ3) is 5.32. The van der Waals surface area contributed by atoms with Gasteiger partial charge in [-0.3, -0.25) is 9.59 Å². The minimum atomic E-state index is -0.0951. The second kappa shape index (κ2) is 9.96. The molecular formula is C24H24Cl2N2O2. The number of piperazine rings is 1. The van der Waals surface area contributed by atoms with E-state index in [0.29, 0.717) is 23.1 Å². The molecule has 0 N–H and O–H groups in total. The van der Waals surface area contributed by atoms with Crippen LogP contribution in [0.25, 0.3) is 12.2 Å². The van der Waals surface area contributed by atoms with Gasteiger partial charge in [-0.1, -0.05) is 59.6 Å². The van der Waals surface area contributed by atoms with Gasteiger partial charge in [0.2, 0.25) is 11.8 Å². The van der Waals surface area contributed by atoms with Crippen molar-refractivity contribution in [2.45, 2.75) is 25.9 Å². The number of amides is 2. The zero-order chi connectivity index (χ0) is 21.7. The molecule has 1 aliphatic heterocycles. The zero-order valence-corrected chi connectivity index (χ0v) is 18.5.